The average molecular weight is 423 g/mol. The molecule has 2 aromatic rings. The third-order valence-corrected chi connectivity index (χ3v) is 7.10. The summed E-state index contributed by atoms with van der Waals surface area (Å²) >= 11 is 1.90. The van der Waals surface area contributed by atoms with Crippen molar-refractivity contribution in [3.63, 3.8) is 0 Å². The Morgan fingerprint density at radius 1 is 0.800 bits per heavy atom. The van der Waals surface area contributed by atoms with E-state index < -0.39 is 0 Å². The van der Waals surface area contributed by atoms with Crippen LogP contribution in [0.4, 0.5) is 5.69 Å². The second-order valence-electron chi connectivity index (χ2n) is 8.32. The maximum atomic E-state index is 4.31. The molecule has 0 fully saturated rings. The van der Waals surface area contributed by atoms with Gasteiger partial charge in [0.1, 0.15) is 0 Å². The molecule has 162 valence electrons. The summed E-state index contributed by atoms with van der Waals surface area (Å²) in [7, 11) is 0. The van der Waals surface area contributed by atoms with Crippen LogP contribution >= 0.6 is 11.3 Å². The van der Waals surface area contributed by atoms with Crippen molar-refractivity contribution < 1.29 is 0 Å². The minimum absolute atomic E-state index is 0.917. The summed E-state index contributed by atoms with van der Waals surface area (Å²) in [6.07, 6.45) is 15.8. The molecule has 0 unspecified atom stereocenters. The summed E-state index contributed by atoms with van der Waals surface area (Å²) in [4.78, 5) is 9.66. The highest BCUT2D eigenvalue weighted by Crippen LogP contribution is 2.34. The highest BCUT2D eigenvalue weighted by atomic mass is 32.1. The average Bonchev–Trinajstić information content (AvgIpc) is 3.29. The first-order chi connectivity index (χ1) is 14.8. The fraction of sp³-hybridized carbons (Fsp3) is 0.519. The van der Waals surface area contributed by atoms with Gasteiger partial charge in [-0.25, -0.2) is 0 Å². The van der Waals surface area contributed by atoms with Crippen LogP contribution in [0.5, 0.6) is 0 Å². The van der Waals surface area contributed by atoms with Gasteiger partial charge in [-0.1, -0.05) is 64.5 Å². The number of aliphatic imine (C=N–C) groups is 1. The fourth-order valence-corrected chi connectivity index (χ4v) is 5.09. The summed E-state index contributed by atoms with van der Waals surface area (Å²) < 4.78 is 0. The van der Waals surface area contributed by atoms with E-state index in [1.165, 1.54) is 91.0 Å². The second kappa shape index (κ2) is 12.7. The van der Waals surface area contributed by atoms with E-state index in [1.807, 2.05) is 17.6 Å². The van der Waals surface area contributed by atoms with Gasteiger partial charge in [0, 0.05) is 41.3 Å². The fourth-order valence-electron chi connectivity index (χ4n) is 4.02. The van der Waals surface area contributed by atoms with Crippen LogP contribution in [0.25, 0.3) is 16.0 Å². The molecule has 3 heteroatoms. The number of dihydropyridines is 1. The highest BCUT2D eigenvalue weighted by Gasteiger charge is 2.10. The zero-order chi connectivity index (χ0) is 21.0. The van der Waals surface area contributed by atoms with Crippen molar-refractivity contribution in [2.24, 2.45) is 4.99 Å². The smallest absolute Gasteiger partial charge is 0.0430 e. The van der Waals surface area contributed by atoms with E-state index in [-0.39, 0.29) is 0 Å². The highest BCUT2D eigenvalue weighted by molar-refractivity contribution is 7.16. The standard InChI is InChI=1S/C27H38N2S/c1-3-5-7-9-21-29(22-10-8-6-4-2)25-13-11-23(12-14-25)26-15-16-27(30-26)24-17-19-28-20-18-24/h11-17,19H,3-10,18,20-22H2,1-2H3. The van der Waals surface area contributed by atoms with Crippen LogP contribution in [-0.2, 0) is 0 Å². The Bertz CT molecular complexity index is 789. The third-order valence-electron chi connectivity index (χ3n) is 5.89. The SMILES string of the molecule is CCCCCCN(CCCCCC)c1ccc(-c2ccc(C3=CC=NCC3)s2)cc1. The van der Waals surface area contributed by atoms with Gasteiger partial charge in [0.25, 0.3) is 0 Å². The molecule has 1 aromatic carbocycles. The molecule has 0 saturated heterocycles. The van der Waals surface area contributed by atoms with Gasteiger partial charge in [0.2, 0.25) is 0 Å². The molecule has 2 heterocycles. The van der Waals surface area contributed by atoms with Crippen molar-refractivity contribution in [2.75, 3.05) is 24.5 Å². The van der Waals surface area contributed by atoms with Gasteiger partial charge in [-0.3, -0.25) is 4.99 Å². The molecule has 0 bridgehead atoms. The van der Waals surface area contributed by atoms with Crippen molar-refractivity contribution in [3.05, 3.63) is 47.4 Å². The molecule has 0 radical (unpaired) electrons. The Morgan fingerprint density at radius 2 is 1.47 bits per heavy atom. The summed E-state index contributed by atoms with van der Waals surface area (Å²) in [5.41, 5.74) is 4.13. The van der Waals surface area contributed by atoms with E-state index in [0.29, 0.717) is 0 Å². The molecule has 2 nitrogen and oxygen atoms in total. The summed E-state index contributed by atoms with van der Waals surface area (Å²) in [6.45, 7) is 7.86. The number of rotatable bonds is 13. The Balaban J connectivity index is 1.65. The van der Waals surface area contributed by atoms with Crippen molar-refractivity contribution in [2.45, 2.75) is 71.6 Å². The molecular weight excluding hydrogens is 384 g/mol. The van der Waals surface area contributed by atoms with Crippen LogP contribution < -0.4 is 4.90 Å². The molecule has 1 aliphatic rings. The van der Waals surface area contributed by atoms with E-state index in [1.54, 1.807) is 0 Å². The normalized spacial score (nSPS) is 13.5. The van der Waals surface area contributed by atoms with E-state index in [4.69, 9.17) is 0 Å². The second-order valence-corrected chi connectivity index (χ2v) is 9.40. The third kappa shape index (κ3) is 6.84. The van der Waals surface area contributed by atoms with Crippen LogP contribution in [0.2, 0.25) is 0 Å². The minimum Gasteiger partial charge on any atom is -0.372 e. The first-order valence-electron chi connectivity index (χ1n) is 12.0. The Hall–Kier alpha value is -1.87. The topological polar surface area (TPSA) is 15.6 Å². The lowest BCUT2D eigenvalue weighted by molar-refractivity contribution is 0.609. The van der Waals surface area contributed by atoms with Crippen LogP contribution in [0.15, 0.2) is 47.5 Å². The number of thiophene rings is 1. The number of hydrogen-bond donors (Lipinski definition) is 0. The zero-order valence-electron chi connectivity index (χ0n) is 18.9. The molecule has 1 aliphatic heterocycles. The van der Waals surface area contributed by atoms with Gasteiger partial charge in [-0.05, 0) is 60.7 Å². The molecule has 0 spiro atoms. The van der Waals surface area contributed by atoms with Gasteiger partial charge in [0.05, 0.1) is 0 Å². The quantitative estimate of drug-likeness (QED) is 0.297. The lowest BCUT2D eigenvalue weighted by Gasteiger charge is -2.25. The Morgan fingerprint density at radius 3 is 2.07 bits per heavy atom. The van der Waals surface area contributed by atoms with Crippen LogP contribution in [0.3, 0.4) is 0 Å². The van der Waals surface area contributed by atoms with Crippen molar-refractivity contribution in [1.29, 1.82) is 0 Å². The van der Waals surface area contributed by atoms with Crippen molar-refractivity contribution in [3.8, 4) is 10.4 Å². The van der Waals surface area contributed by atoms with Crippen LogP contribution in [0.1, 0.15) is 76.5 Å². The molecular formula is C27H38N2S. The summed E-state index contributed by atoms with van der Waals surface area (Å²) in [6, 6.07) is 13.8. The van der Waals surface area contributed by atoms with Crippen molar-refractivity contribution in [1.82, 2.24) is 0 Å². The molecule has 0 N–H and O–H groups in total. The monoisotopic (exact) mass is 422 g/mol. The lowest BCUT2D eigenvalue weighted by atomic mass is 10.1. The van der Waals surface area contributed by atoms with Crippen LogP contribution in [0, 0.1) is 0 Å². The predicted molar refractivity (Wildman–Crippen MR) is 136 cm³/mol. The van der Waals surface area contributed by atoms with Gasteiger partial charge >= 0.3 is 0 Å². The minimum atomic E-state index is 0.917. The first kappa shape index (κ1) is 22.8. The number of allylic oxidation sites excluding steroid dienone is 1. The predicted octanol–water partition coefficient (Wildman–Crippen LogP) is 8.24. The molecule has 0 atom stereocenters. The summed E-state index contributed by atoms with van der Waals surface area (Å²) in [5.74, 6) is 0. The first-order valence-corrected chi connectivity index (χ1v) is 12.8. The van der Waals surface area contributed by atoms with E-state index >= 15 is 0 Å². The Labute approximate surface area is 187 Å². The number of unbranched alkanes of at least 4 members (excludes halogenated alkanes) is 6. The largest absolute Gasteiger partial charge is 0.372 e. The molecule has 0 amide bonds. The maximum absolute atomic E-state index is 4.31. The van der Waals surface area contributed by atoms with Gasteiger partial charge < -0.3 is 4.90 Å². The summed E-state index contributed by atoms with van der Waals surface area (Å²) in [5, 5.41) is 0. The molecule has 1 aromatic heterocycles. The van der Waals surface area contributed by atoms with Gasteiger partial charge in [-0.2, -0.15) is 0 Å². The molecule has 30 heavy (non-hydrogen) atoms. The van der Waals surface area contributed by atoms with E-state index in [2.05, 4.69) is 66.2 Å². The number of hydrogen-bond acceptors (Lipinski definition) is 3. The van der Waals surface area contributed by atoms with E-state index in [9.17, 15) is 0 Å². The Kier molecular flexibility index (Phi) is 9.69. The molecule has 0 saturated carbocycles. The van der Waals surface area contributed by atoms with Crippen LogP contribution in [-0.4, -0.2) is 25.8 Å². The number of anilines is 1. The lowest BCUT2D eigenvalue weighted by Crippen LogP contribution is -2.25. The molecule has 0 aliphatic carbocycles. The van der Waals surface area contributed by atoms with E-state index in [0.717, 1.165) is 13.0 Å². The van der Waals surface area contributed by atoms with Gasteiger partial charge in [-0.15, -0.1) is 11.3 Å². The van der Waals surface area contributed by atoms with Crippen molar-refractivity contribution >= 4 is 28.8 Å². The molecule has 3 rings (SSSR count). The zero-order valence-corrected chi connectivity index (χ0v) is 19.7. The maximum Gasteiger partial charge on any atom is 0.0430 e. The number of nitrogens with zero attached hydrogens (tertiary/aromatic N) is 2. The number of benzene rings is 1. The van der Waals surface area contributed by atoms with Gasteiger partial charge in [0.15, 0.2) is 0 Å².